The quantitative estimate of drug-likeness (QED) is 0.787. The Bertz CT molecular complexity index is 843. The molecule has 0 bridgehead atoms. The average Bonchev–Trinajstić information content (AvgIpc) is 2.48. The van der Waals surface area contributed by atoms with Crippen molar-refractivity contribution in [3.63, 3.8) is 0 Å². The van der Waals surface area contributed by atoms with Crippen LogP contribution >= 0.6 is 11.6 Å². The van der Waals surface area contributed by atoms with E-state index in [9.17, 15) is 4.79 Å². The molecule has 0 aliphatic carbocycles. The Morgan fingerprint density at radius 1 is 1.15 bits per heavy atom. The second-order valence-electron chi connectivity index (χ2n) is 4.30. The minimum absolute atomic E-state index is 0.205. The molecule has 4 nitrogen and oxygen atoms in total. The molecule has 5 heteroatoms. The van der Waals surface area contributed by atoms with Gasteiger partial charge in [-0.1, -0.05) is 29.8 Å². The van der Waals surface area contributed by atoms with Gasteiger partial charge in [0, 0.05) is 10.9 Å². The number of H-pyrrole nitrogens is 1. The van der Waals surface area contributed by atoms with Crippen molar-refractivity contribution in [3.05, 3.63) is 57.8 Å². The van der Waals surface area contributed by atoms with Gasteiger partial charge in [0.2, 0.25) is 0 Å². The van der Waals surface area contributed by atoms with Crippen LogP contribution in [0.4, 0.5) is 0 Å². The second-order valence-corrected chi connectivity index (χ2v) is 4.70. The first-order chi connectivity index (χ1) is 9.70. The smallest absolute Gasteiger partial charge is 0.272 e. The molecule has 1 N–H and O–H groups in total. The van der Waals surface area contributed by atoms with Gasteiger partial charge in [-0.2, -0.15) is 5.10 Å². The number of nitrogens with one attached hydrogen (secondary N) is 1. The number of nitrogens with zero attached hydrogens (tertiary/aromatic N) is 1. The first kappa shape index (κ1) is 12.7. The second kappa shape index (κ2) is 4.98. The molecule has 0 saturated carbocycles. The number of ether oxygens (including phenoxy) is 1. The summed E-state index contributed by atoms with van der Waals surface area (Å²) in [5.74, 6) is 0.601. The third-order valence-corrected chi connectivity index (χ3v) is 3.42. The minimum Gasteiger partial charge on any atom is -0.495 e. The SMILES string of the molecule is COc1ccc(-c2n[nH]c(=O)c3ccccc23)cc1Cl. The third-order valence-electron chi connectivity index (χ3n) is 3.12. The molecule has 1 heterocycles. The molecule has 0 amide bonds. The van der Waals surface area contributed by atoms with Gasteiger partial charge < -0.3 is 4.74 Å². The first-order valence-electron chi connectivity index (χ1n) is 6.02. The number of aromatic amines is 1. The van der Waals surface area contributed by atoms with Gasteiger partial charge in [0.15, 0.2) is 0 Å². The largest absolute Gasteiger partial charge is 0.495 e. The van der Waals surface area contributed by atoms with Crippen molar-refractivity contribution in [2.75, 3.05) is 7.11 Å². The predicted molar refractivity (Wildman–Crippen MR) is 79.4 cm³/mol. The number of halogens is 1. The lowest BCUT2D eigenvalue weighted by molar-refractivity contribution is 0.415. The Hall–Kier alpha value is -2.33. The Morgan fingerprint density at radius 3 is 2.60 bits per heavy atom. The van der Waals surface area contributed by atoms with Gasteiger partial charge in [-0.05, 0) is 24.3 Å². The van der Waals surface area contributed by atoms with E-state index >= 15 is 0 Å². The van der Waals surface area contributed by atoms with Crippen molar-refractivity contribution in [2.24, 2.45) is 0 Å². The van der Waals surface area contributed by atoms with Crippen molar-refractivity contribution in [1.29, 1.82) is 0 Å². The van der Waals surface area contributed by atoms with E-state index < -0.39 is 0 Å². The monoisotopic (exact) mass is 286 g/mol. The Morgan fingerprint density at radius 2 is 1.90 bits per heavy atom. The standard InChI is InChI=1S/C15H11ClN2O2/c1-20-13-7-6-9(8-12(13)16)14-10-4-2-3-5-11(10)15(19)18-17-14/h2-8H,1H3,(H,18,19). The van der Waals surface area contributed by atoms with Crippen LogP contribution in [0, 0.1) is 0 Å². The number of aromatic nitrogens is 2. The number of hydrogen-bond donors (Lipinski definition) is 1. The molecular formula is C15H11ClN2O2. The number of rotatable bonds is 2. The molecular weight excluding hydrogens is 276 g/mol. The van der Waals surface area contributed by atoms with Crippen molar-refractivity contribution in [2.45, 2.75) is 0 Å². The Balaban J connectivity index is 2.27. The van der Waals surface area contributed by atoms with E-state index in [0.29, 0.717) is 21.9 Å². The zero-order valence-electron chi connectivity index (χ0n) is 10.7. The lowest BCUT2D eigenvalue weighted by Crippen LogP contribution is -2.09. The summed E-state index contributed by atoms with van der Waals surface area (Å²) in [6, 6.07) is 12.7. The number of benzene rings is 2. The topological polar surface area (TPSA) is 55.0 Å². The zero-order valence-corrected chi connectivity index (χ0v) is 11.4. The van der Waals surface area contributed by atoms with Crippen LogP contribution in [0.25, 0.3) is 22.0 Å². The predicted octanol–water partition coefficient (Wildman–Crippen LogP) is 3.25. The molecule has 3 rings (SSSR count). The number of methoxy groups -OCH3 is 1. The van der Waals surface area contributed by atoms with Crippen LogP contribution < -0.4 is 10.3 Å². The van der Waals surface area contributed by atoms with E-state index in [1.807, 2.05) is 24.3 Å². The zero-order chi connectivity index (χ0) is 14.1. The van der Waals surface area contributed by atoms with Crippen molar-refractivity contribution in [1.82, 2.24) is 10.2 Å². The molecule has 0 aliphatic rings. The molecule has 1 aromatic heterocycles. The summed E-state index contributed by atoms with van der Waals surface area (Å²) in [6.45, 7) is 0. The maximum atomic E-state index is 11.8. The van der Waals surface area contributed by atoms with Gasteiger partial charge in [-0.25, -0.2) is 5.10 Å². The molecule has 0 saturated heterocycles. The summed E-state index contributed by atoms with van der Waals surface area (Å²) < 4.78 is 5.13. The molecule has 0 aliphatic heterocycles. The van der Waals surface area contributed by atoms with Crippen LogP contribution in [-0.4, -0.2) is 17.3 Å². The van der Waals surface area contributed by atoms with Crippen molar-refractivity contribution >= 4 is 22.4 Å². The maximum Gasteiger partial charge on any atom is 0.272 e. The van der Waals surface area contributed by atoms with Gasteiger partial charge in [0.05, 0.1) is 23.2 Å². The molecule has 0 fully saturated rings. The molecule has 0 unspecified atom stereocenters. The Kier molecular flexibility index (Phi) is 3.16. The van der Waals surface area contributed by atoms with Crippen LogP contribution in [0.1, 0.15) is 0 Å². The fraction of sp³-hybridized carbons (Fsp3) is 0.0667. The summed E-state index contributed by atoms with van der Waals surface area (Å²) in [5, 5.41) is 8.54. The van der Waals surface area contributed by atoms with Gasteiger partial charge in [0.1, 0.15) is 5.75 Å². The highest BCUT2D eigenvalue weighted by Crippen LogP contribution is 2.31. The molecule has 3 aromatic rings. The van der Waals surface area contributed by atoms with E-state index in [-0.39, 0.29) is 5.56 Å². The third kappa shape index (κ3) is 2.04. The lowest BCUT2D eigenvalue weighted by Gasteiger charge is -2.07. The molecule has 100 valence electrons. The van der Waals surface area contributed by atoms with Crippen LogP contribution in [0.2, 0.25) is 5.02 Å². The van der Waals surface area contributed by atoms with Crippen LogP contribution in [0.3, 0.4) is 0 Å². The highest BCUT2D eigenvalue weighted by Gasteiger charge is 2.10. The number of hydrogen-bond acceptors (Lipinski definition) is 3. The highest BCUT2D eigenvalue weighted by molar-refractivity contribution is 6.32. The molecule has 0 atom stereocenters. The number of fused-ring (bicyclic) bond motifs is 1. The fourth-order valence-corrected chi connectivity index (χ4v) is 2.41. The average molecular weight is 287 g/mol. The van der Waals surface area contributed by atoms with Gasteiger partial charge in [0.25, 0.3) is 5.56 Å². The first-order valence-corrected chi connectivity index (χ1v) is 6.40. The van der Waals surface area contributed by atoms with Crippen LogP contribution in [0.5, 0.6) is 5.75 Å². The van der Waals surface area contributed by atoms with Crippen molar-refractivity contribution < 1.29 is 4.74 Å². The van der Waals surface area contributed by atoms with Crippen LogP contribution in [-0.2, 0) is 0 Å². The summed E-state index contributed by atoms with van der Waals surface area (Å²) >= 11 is 6.14. The van der Waals surface area contributed by atoms with E-state index in [0.717, 1.165) is 10.9 Å². The summed E-state index contributed by atoms with van der Waals surface area (Å²) in [6.07, 6.45) is 0. The Labute approximate surface area is 120 Å². The van der Waals surface area contributed by atoms with E-state index in [4.69, 9.17) is 16.3 Å². The molecule has 2 aromatic carbocycles. The summed E-state index contributed by atoms with van der Waals surface area (Å²) in [4.78, 5) is 11.8. The molecule has 0 spiro atoms. The van der Waals surface area contributed by atoms with Gasteiger partial charge in [-0.15, -0.1) is 0 Å². The lowest BCUT2D eigenvalue weighted by atomic mass is 10.1. The van der Waals surface area contributed by atoms with Gasteiger partial charge >= 0.3 is 0 Å². The van der Waals surface area contributed by atoms with E-state index in [1.165, 1.54) is 0 Å². The van der Waals surface area contributed by atoms with Crippen LogP contribution in [0.15, 0.2) is 47.3 Å². The minimum atomic E-state index is -0.205. The van der Waals surface area contributed by atoms with E-state index in [1.54, 1.807) is 25.3 Å². The van der Waals surface area contributed by atoms with Crippen molar-refractivity contribution in [3.8, 4) is 17.0 Å². The summed E-state index contributed by atoms with van der Waals surface area (Å²) in [5.41, 5.74) is 1.30. The maximum absolute atomic E-state index is 11.8. The summed E-state index contributed by atoms with van der Waals surface area (Å²) in [7, 11) is 1.56. The molecule has 0 radical (unpaired) electrons. The van der Waals surface area contributed by atoms with E-state index in [2.05, 4.69) is 10.2 Å². The molecule has 20 heavy (non-hydrogen) atoms. The normalized spacial score (nSPS) is 10.7. The fourth-order valence-electron chi connectivity index (χ4n) is 2.15. The highest BCUT2D eigenvalue weighted by atomic mass is 35.5. The van der Waals surface area contributed by atoms with Gasteiger partial charge in [-0.3, -0.25) is 4.79 Å².